The lowest BCUT2D eigenvalue weighted by Gasteiger charge is -2.09. The zero-order chi connectivity index (χ0) is 13.9. The van der Waals surface area contributed by atoms with Gasteiger partial charge in [-0.1, -0.05) is 38.1 Å². The van der Waals surface area contributed by atoms with Crippen LogP contribution >= 0.6 is 0 Å². The van der Waals surface area contributed by atoms with Crippen molar-refractivity contribution in [2.45, 2.75) is 26.3 Å². The first-order valence-electron chi connectivity index (χ1n) is 6.89. The number of hydrogen-bond acceptors (Lipinski definition) is 3. The molecular weight excluding hydrogens is 248 g/mol. The van der Waals surface area contributed by atoms with E-state index in [9.17, 15) is 0 Å². The van der Waals surface area contributed by atoms with Gasteiger partial charge in [-0.15, -0.1) is 0 Å². The maximum atomic E-state index is 5.37. The minimum absolute atomic E-state index is 0.568. The van der Waals surface area contributed by atoms with Crippen LogP contribution in [0.2, 0.25) is 0 Å². The predicted molar refractivity (Wildman–Crippen MR) is 81.9 cm³/mol. The SMILES string of the molecule is CC(C)c1ccc(CNc2nccc3occc23)cc1. The minimum Gasteiger partial charge on any atom is -0.464 e. The summed E-state index contributed by atoms with van der Waals surface area (Å²) in [5.41, 5.74) is 3.47. The van der Waals surface area contributed by atoms with Crippen molar-refractivity contribution in [3.05, 3.63) is 60.0 Å². The summed E-state index contributed by atoms with van der Waals surface area (Å²) in [7, 11) is 0. The average Bonchev–Trinajstić information content (AvgIpc) is 2.94. The zero-order valence-corrected chi connectivity index (χ0v) is 11.8. The molecular formula is C17H18N2O. The van der Waals surface area contributed by atoms with Crippen LogP contribution in [0.4, 0.5) is 5.82 Å². The Labute approximate surface area is 118 Å². The molecule has 0 saturated heterocycles. The van der Waals surface area contributed by atoms with Gasteiger partial charge in [-0.2, -0.15) is 0 Å². The number of pyridine rings is 1. The van der Waals surface area contributed by atoms with Gasteiger partial charge in [-0.3, -0.25) is 0 Å². The predicted octanol–water partition coefficient (Wildman–Crippen LogP) is 4.56. The molecule has 2 aromatic heterocycles. The van der Waals surface area contributed by atoms with Gasteiger partial charge in [-0.05, 0) is 29.2 Å². The summed E-state index contributed by atoms with van der Waals surface area (Å²) in [6.07, 6.45) is 3.45. The molecule has 0 saturated carbocycles. The third-order valence-electron chi connectivity index (χ3n) is 3.49. The van der Waals surface area contributed by atoms with Crippen molar-refractivity contribution in [1.29, 1.82) is 0 Å². The van der Waals surface area contributed by atoms with Crippen molar-refractivity contribution in [3.63, 3.8) is 0 Å². The third-order valence-corrected chi connectivity index (χ3v) is 3.49. The smallest absolute Gasteiger partial charge is 0.139 e. The molecule has 1 aromatic carbocycles. The lowest BCUT2D eigenvalue weighted by atomic mass is 10.0. The average molecular weight is 266 g/mol. The Bertz CT molecular complexity index is 698. The van der Waals surface area contributed by atoms with Gasteiger partial charge in [-0.25, -0.2) is 4.98 Å². The second-order valence-corrected chi connectivity index (χ2v) is 5.24. The summed E-state index contributed by atoms with van der Waals surface area (Å²) in [6.45, 7) is 5.17. The van der Waals surface area contributed by atoms with Crippen LogP contribution in [-0.4, -0.2) is 4.98 Å². The minimum atomic E-state index is 0.568. The van der Waals surface area contributed by atoms with E-state index in [1.165, 1.54) is 11.1 Å². The Kier molecular flexibility index (Phi) is 3.42. The number of hydrogen-bond donors (Lipinski definition) is 1. The normalized spacial score (nSPS) is 11.2. The molecule has 0 aliphatic heterocycles. The lowest BCUT2D eigenvalue weighted by molar-refractivity contribution is 0.615. The Balaban J connectivity index is 1.74. The fourth-order valence-corrected chi connectivity index (χ4v) is 2.24. The maximum absolute atomic E-state index is 5.37. The van der Waals surface area contributed by atoms with Crippen LogP contribution in [0.1, 0.15) is 30.9 Å². The van der Waals surface area contributed by atoms with Crippen LogP contribution in [0.15, 0.2) is 53.3 Å². The molecule has 3 heteroatoms. The molecule has 0 amide bonds. The lowest BCUT2D eigenvalue weighted by Crippen LogP contribution is -2.01. The molecule has 20 heavy (non-hydrogen) atoms. The number of furan rings is 1. The summed E-state index contributed by atoms with van der Waals surface area (Å²) < 4.78 is 5.37. The van der Waals surface area contributed by atoms with Gasteiger partial charge < -0.3 is 9.73 Å². The molecule has 0 atom stereocenters. The number of nitrogens with one attached hydrogen (secondary N) is 1. The summed E-state index contributed by atoms with van der Waals surface area (Å²) in [5.74, 6) is 1.43. The highest BCUT2D eigenvalue weighted by Crippen LogP contribution is 2.22. The summed E-state index contributed by atoms with van der Waals surface area (Å²) in [6, 6.07) is 12.5. The van der Waals surface area contributed by atoms with E-state index in [-0.39, 0.29) is 0 Å². The van der Waals surface area contributed by atoms with Crippen molar-refractivity contribution < 1.29 is 4.42 Å². The Morgan fingerprint density at radius 2 is 1.90 bits per heavy atom. The van der Waals surface area contributed by atoms with E-state index >= 15 is 0 Å². The maximum Gasteiger partial charge on any atom is 0.139 e. The van der Waals surface area contributed by atoms with Crippen molar-refractivity contribution >= 4 is 16.8 Å². The molecule has 0 aliphatic carbocycles. The first-order chi connectivity index (χ1) is 9.74. The van der Waals surface area contributed by atoms with Crippen molar-refractivity contribution in [2.24, 2.45) is 0 Å². The molecule has 102 valence electrons. The number of nitrogens with zero attached hydrogens (tertiary/aromatic N) is 1. The molecule has 0 bridgehead atoms. The first-order valence-corrected chi connectivity index (χ1v) is 6.89. The van der Waals surface area contributed by atoms with E-state index in [2.05, 4.69) is 48.4 Å². The van der Waals surface area contributed by atoms with Crippen LogP contribution in [0.3, 0.4) is 0 Å². The van der Waals surface area contributed by atoms with Crippen LogP contribution in [0, 0.1) is 0 Å². The largest absolute Gasteiger partial charge is 0.464 e. The number of rotatable bonds is 4. The topological polar surface area (TPSA) is 38.1 Å². The second kappa shape index (κ2) is 5.37. The zero-order valence-electron chi connectivity index (χ0n) is 11.8. The summed E-state index contributed by atoms with van der Waals surface area (Å²) in [5, 5.41) is 4.39. The number of benzene rings is 1. The van der Waals surface area contributed by atoms with Crippen LogP contribution in [0.5, 0.6) is 0 Å². The van der Waals surface area contributed by atoms with Crippen molar-refractivity contribution in [1.82, 2.24) is 4.98 Å². The summed E-state index contributed by atoms with van der Waals surface area (Å²) >= 11 is 0. The van der Waals surface area contributed by atoms with Gasteiger partial charge in [0.15, 0.2) is 0 Å². The molecule has 2 heterocycles. The van der Waals surface area contributed by atoms with E-state index < -0.39 is 0 Å². The van der Waals surface area contributed by atoms with Gasteiger partial charge in [0.1, 0.15) is 11.4 Å². The number of aromatic nitrogens is 1. The van der Waals surface area contributed by atoms with Gasteiger partial charge in [0, 0.05) is 12.7 Å². The highest BCUT2D eigenvalue weighted by Gasteiger charge is 2.04. The van der Waals surface area contributed by atoms with E-state index in [1.54, 1.807) is 12.5 Å². The van der Waals surface area contributed by atoms with Crippen LogP contribution in [0.25, 0.3) is 11.0 Å². The highest BCUT2D eigenvalue weighted by molar-refractivity contribution is 5.87. The Morgan fingerprint density at radius 1 is 1.10 bits per heavy atom. The quantitative estimate of drug-likeness (QED) is 0.752. The number of anilines is 1. The van der Waals surface area contributed by atoms with Gasteiger partial charge in [0.05, 0.1) is 11.6 Å². The van der Waals surface area contributed by atoms with Gasteiger partial charge in [0.2, 0.25) is 0 Å². The molecule has 0 unspecified atom stereocenters. The van der Waals surface area contributed by atoms with Crippen LogP contribution in [-0.2, 0) is 6.54 Å². The third kappa shape index (κ3) is 2.52. The van der Waals surface area contributed by atoms with E-state index in [4.69, 9.17) is 4.42 Å². The van der Waals surface area contributed by atoms with E-state index in [0.717, 1.165) is 23.3 Å². The van der Waals surface area contributed by atoms with Gasteiger partial charge >= 0.3 is 0 Å². The molecule has 0 fully saturated rings. The molecule has 0 radical (unpaired) electrons. The standard InChI is InChI=1S/C17H18N2O/c1-12(2)14-5-3-13(4-6-14)11-19-17-15-8-10-20-16(15)7-9-18-17/h3-10,12H,11H2,1-2H3,(H,18,19). The first kappa shape index (κ1) is 12.7. The molecule has 3 aromatic rings. The van der Waals surface area contributed by atoms with Gasteiger partial charge in [0.25, 0.3) is 0 Å². The molecule has 0 spiro atoms. The van der Waals surface area contributed by atoms with E-state index in [1.807, 2.05) is 12.1 Å². The van der Waals surface area contributed by atoms with Crippen molar-refractivity contribution in [2.75, 3.05) is 5.32 Å². The summed E-state index contributed by atoms with van der Waals surface area (Å²) in [4.78, 5) is 4.37. The molecule has 3 rings (SSSR count). The molecule has 3 nitrogen and oxygen atoms in total. The van der Waals surface area contributed by atoms with Crippen LogP contribution < -0.4 is 5.32 Å². The molecule has 1 N–H and O–H groups in total. The fourth-order valence-electron chi connectivity index (χ4n) is 2.24. The Morgan fingerprint density at radius 3 is 2.65 bits per heavy atom. The fraction of sp³-hybridized carbons (Fsp3) is 0.235. The van der Waals surface area contributed by atoms with Crippen molar-refractivity contribution in [3.8, 4) is 0 Å². The highest BCUT2D eigenvalue weighted by atomic mass is 16.3. The van der Waals surface area contributed by atoms with E-state index in [0.29, 0.717) is 5.92 Å². The Hall–Kier alpha value is -2.29. The number of fused-ring (bicyclic) bond motifs is 1. The molecule has 0 aliphatic rings. The monoisotopic (exact) mass is 266 g/mol. The second-order valence-electron chi connectivity index (χ2n) is 5.24.